The van der Waals surface area contributed by atoms with Gasteiger partial charge in [0, 0.05) is 6.61 Å². The Labute approximate surface area is 119 Å². The Balaban J connectivity index is 1.97. The van der Waals surface area contributed by atoms with Gasteiger partial charge >= 0.3 is 0 Å². The highest BCUT2D eigenvalue weighted by Crippen LogP contribution is 2.12. The number of unbranched alkanes of at least 4 members (excludes halogenated alkanes) is 4. The summed E-state index contributed by atoms with van der Waals surface area (Å²) in [5, 5.41) is 0. The van der Waals surface area contributed by atoms with Crippen molar-refractivity contribution in [3.05, 3.63) is 35.4 Å². The van der Waals surface area contributed by atoms with Gasteiger partial charge in [-0.15, -0.1) is 0 Å². The Bertz CT molecular complexity index is 349. The third-order valence-electron chi connectivity index (χ3n) is 3.23. The summed E-state index contributed by atoms with van der Waals surface area (Å²) in [5.74, 6) is 0. The zero-order valence-electron chi connectivity index (χ0n) is 13.2. The molecule has 0 atom stereocenters. The molecule has 1 heteroatoms. The number of benzene rings is 1. The van der Waals surface area contributed by atoms with E-state index in [1.165, 1.54) is 49.7 Å². The number of hydrogen-bond donors (Lipinski definition) is 0. The third-order valence-corrected chi connectivity index (χ3v) is 3.23. The molecule has 0 unspecified atom stereocenters. The van der Waals surface area contributed by atoms with Gasteiger partial charge in [-0.2, -0.15) is 0 Å². The van der Waals surface area contributed by atoms with Crippen molar-refractivity contribution in [2.45, 2.75) is 71.8 Å². The molecule has 0 N–H and O–H groups in total. The molecule has 1 rings (SSSR count). The fourth-order valence-electron chi connectivity index (χ4n) is 2.21. The van der Waals surface area contributed by atoms with Gasteiger partial charge in [-0.05, 0) is 52.5 Å². The Morgan fingerprint density at radius 2 is 1.63 bits per heavy atom. The molecule has 0 aliphatic rings. The Kier molecular flexibility index (Phi) is 7.15. The first kappa shape index (κ1) is 16.2. The van der Waals surface area contributed by atoms with Gasteiger partial charge < -0.3 is 4.74 Å². The summed E-state index contributed by atoms with van der Waals surface area (Å²) in [6, 6.07) is 8.87. The van der Waals surface area contributed by atoms with Crippen molar-refractivity contribution in [2.24, 2.45) is 0 Å². The van der Waals surface area contributed by atoms with Gasteiger partial charge in [-0.3, -0.25) is 0 Å². The summed E-state index contributed by atoms with van der Waals surface area (Å²) < 4.78 is 5.72. The minimum absolute atomic E-state index is 0.0190. The zero-order valence-corrected chi connectivity index (χ0v) is 13.2. The van der Waals surface area contributed by atoms with Crippen LogP contribution in [-0.2, 0) is 11.2 Å². The van der Waals surface area contributed by atoms with E-state index in [0.29, 0.717) is 0 Å². The van der Waals surface area contributed by atoms with Crippen LogP contribution >= 0.6 is 0 Å². The van der Waals surface area contributed by atoms with Crippen LogP contribution in [-0.4, -0.2) is 12.2 Å². The third kappa shape index (κ3) is 8.83. The standard InChI is InChI=1S/C18H30O/c1-16-11-10-13-17(15-16)12-8-6-5-7-9-14-19-18(2,3)4/h10-11,13,15H,5-9,12,14H2,1-4H3. The second kappa shape index (κ2) is 8.37. The SMILES string of the molecule is Cc1cccc(CCCCCCCOC(C)(C)C)c1. The number of aryl methyl sites for hydroxylation is 2. The van der Waals surface area contributed by atoms with Crippen LogP contribution in [0.3, 0.4) is 0 Å². The van der Waals surface area contributed by atoms with E-state index in [-0.39, 0.29) is 5.60 Å². The molecule has 1 aromatic rings. The smallest absolute Gasteiger partial charge is 0.0598 e. The number of hydrogen-bond acceptors (Lipinski definition) is 1. The van der Waals surface area contributed by atoms with Gasteiger partial charge in [-0.1, -0.05) is 49.1 Å². The molecule has 0 spiro atoms. The first-order valence-corrected chi connectivity index (χ1v) is 7.67. The van der Waals surface area contributed by atoms with Gasteiger partial charge in [0.2, 0.25) is 0 Å². The minimum atomic E-state index is 0.0190. The largest absolute Gasteiger partial charge is 0.376 e. The molecular weight excluding hydrogens is 232 g/mol. The number of ether oxygens (including phenoxy) is 1. The van der Waals surface area contributed by atoms with Crippen LogP contribution in [0, 0.1) is 6.92 Å². The van der Waals surface area contributed by atoms with Crippen LogP contribution in [0.1, 0.15) is 64.0 Å². The Morgan fingerprint density at radius 3 is 2.32 bits per heavy atom. The van der Waals surface area contributed by atoms with Crippen molar-refractivity contribution in [1.29, 1.82) is 0 Å². The van der Waals surface area contributed by atoms with Crippen molar-refractivity contribution in [3.63, 3.8) is 0 Å². The summed E-state index contributed by atoms with van der Waals surface area (Å²) in [5.41, 5.74) is 2.87. The van der Waals surface area contributed by atoms with E-state index in [1.54, 1.807) is 0 Å². The molecule has 1 aromatic carbocycles. The summed E-state index contributed by atoms with van der Waals surface area (Å²) >= 11 is 0. The topological polar surface area (TPSA) is 9.23 Å². The van der Waals surface area contributed by atoms with Crippen molar-refractivity contribution < 1.29 is 4.74 Å². The molecule has 108 valence electrons. The molecule has 0 aromatic heterocycles. The molecule has 0 aliphatic heterocycles. The fourth-order valence-corrected chi connectivity index (χ4v) is 2.21. The average Bonchev–Trinajstić information content (AvgIpc) is 2.31. The lowest BCUT2D eigenvalue weighted by Crippen LogP contribution is -2.19. The quantitative estimate of drug-likeness (QED) is 0.577. The molecule has 0 saturated carbocycles. The van der Waals surface area contributed by atoms with Crippen molar-refractivity contribution in [1.82, 2.24) is 0 Å². The molecule has 19 heavy (non-hydrogen) atoms. The first-order valence-electron chi connectivity index (χ1n) is 7.67. The molecule has 0 amide bonds. The van der Waals surface area contributed by atoms with E-state index in [1.807, 2.05) is 0 Å². The first-order chi connectivity index (χ1) is 8.97. The molecule has 0 saturated heterocycles. The summed E-state index contributed by atoms with van der Waals surface area (Å²) in [6.07, 6.45) is 7.69. The fraction of sp³-hybridized carbons (Fsp3) is 0.667. The van der Waals surface area contributed by atoms with Crippen LogP contribution < -0.4 is 0 Å². The van der Waals surface area contributed by atoms with Gasteiger partial charge in [-0.25, -0.2) is 0 Å². The van der Waals surface area contributed by atoms with E-state index in [4.69, 9.17) is 4.74 Å². The summed E-state index contributed by atoms with van der Waals surface area (Å²) in [7, 11) is 0. The van der Waals surface area contributed by atoms with Crippen LogP contribution in [0.15, 0.2) is 24.3 Å². The lowest BCUT2D eigenvalue weighted by Gasteiger charge is -2.19. The highest BCUT2D eigenvalue weighted by molar-refractivity contribution is 5.22. The van der Waals surface area contributed by atoms with Crippen molar-refractivity contribution in [2.75, 3.05) is 6.61 Å². The van der Waals surface area contributed by atoms with Crippen LogP contribution in [0.2, 0.25) is 0 Å². The predicted octanol–water partition coefficient (Wildman–Crippen LogP) is 5.30. The van der Waals surface area contributed by atoms with E-state index in [9.17, 15) is 0 Å². The van der Waals surface area contributed by atoms with E-state index >= 15 is 0 Å². The van der Waals surface area contributed by atoms with Crippen molar-refractivity contribution >= 4 is 0 Å². The van der Waals surface area contributed by atoms with E-state index < -0.39 is 0 Å². The van der Waals surface area contributed by atoms with E-state index in [2.05, 4.69) is 52.0 Å². The lowest BCUT2D eigenvalue weighted by molar-refractivity contribution is -0.00474. The maximum absolute atomic E-state index is 5.72. The maximum Gasteiger partial charge on any atom is 0.0598 e. The monoisotopic (exact) mass is 262 g/mol. The maximum atomic E-state index is 5.72. The second-order valence-corrected chi connectivity index (χ2v) is 6.47. The van der Waals surface area contributed by atoms with Gasteiger partial charge in [0.1, 0.15) is 0 Å². The van der Waals surface area contributed by atoms with Crippen LogP contribution in [0.4, 0.5) is 0 Å². The summed E-state index contributed by atoms with van der Waals surface area (Å²) in [4.78, 5) is 0. The molecule has 0 aliphatic carbocycles. The summed E-state index contributed by atoms with van der Waals surface area (Å²) in [6.45, 7) is 9.43. The lowest BCUT2D eigenvalue weighted by atomic mass is 10.0. The molecule has 0 heterocycles. The zero-order chi connectivity index (χ0) is 14.1. The van der Waals surface area contributed by atoms with Crippen LogP contribution in [0.5, 0.6) is 0 Å². The van der Waals surface area contributed by atoms with E-state index in [0.717, 1.165) is 6.61 Å². The Morgan fingerprint density at radius 1 is 0.947 bits per heavy atom. The normalized spacial score (nSPS) is 11.8. The van der Waals surface area contributed by atoms with Crippen molar-refractivity contribution in [3.8, 4) is 0 Å². The molecule has 0 radical (unpaired) electrons. The highest BCUT2D eigenvalue weighted by atomic mass is 16.5. The molecule has 0 bridgehead atoms. The van der Waals surface area contributed by atoms with Gasteiger partial charge in [0.25, 0.3) is 0 Å². The van der Waals surface area contributed by atoms with Gasteiger partial charge in [0.05, 0.1) is 5.60 Å². The minimum Gasteiger partial charge on any atom is -0.376 e. The number of rotatable bonds is 8. The highest BCUT2D eigenvalue weighted by Gasteiger charge is 2.08. The molecule has 1 nitrogen and oxygen atoms in total. The van der Waals surface area contributed by atoms with Gasteiger partial charge in [0.15, 0.2) is 0 Å². The predicted molar refractivity (Wildman–Crippen MR) is 83.7 cm³/mol. The molecule has 0 fully saturated rings. The Hall–Kier alpha value is -0.820. The van der Waals surface area contributed by atoms with Crippen LogP contribution in [0.25, 0.3) is 0 Å². The second-order valence-electron chi connectivity index (χ2n) is 6.47. The average molecular weight is 262 g/mol. The molecular formula is C18H30O.